The van der Waals surface area contributed by atoms with E-state index in [0.717, 1.165) is 27.8 Å². The van der Waals surface area contributed by atoms with E-state index in [1.165, 1.54) is 0 Å². The second-order valence-electron chi connectivity index (χ2n) is 5.69. The summed E-state index contributed by atoms with van der Waals surface area (Å²) in [5.41, 5.74) is 1.71. The zero-order chi connectivity index (χ0) is 17.1. The van der Waals surface area contributed by atoms with Crippen molar-refractivity contribution in [1.82, 2.24) is 0 Å². The van der Waals surface area contributed by atoms with Gasteiger partial charge < -0.3 is 10.1 Å². The Morgan fingerprint density at radius 1 is 1.00 bits per heavy atom. The summed E-state index contributed by atoms with van der Waals surface area (Å²) in [4.78, 5) is 12.5. The number of hydrogen-bond acceptors (Lipinski definition) is 2. The summed E-state index contributed by atoms with van der Waals surface area (Å²) in [6.45, 7) is 1.90. The molecule has 122 valence electrons. The maximum atomic E-state index is 12.5. The average Bonchev–Trinajstić information content (AvgIpc) is 2.62. The van der Waals surface area contributed by atoms with Crippen LogP contribution < -0.4 is 10.1 Å². The van der Waals surface area contributed by atoms with Gasteiger partial charge >= 0.3 is 0 Å². The quantitative estimate of drug-likeness (QED) is 0.705. The summed E-state index contributed by atoms with van der Waals surface area (Å²) >= 11 is 5.86. The first-order chi connectivity index (χ1) is 11.6. The third kappa shape index (κ3) is 3.52. The summed E-state index contributed by atoms with van der Waals surface area (Å²) in [6.07, 6.45) is 0. The fraction of sp³-hybridized carbons (Fsp3) is 0.150. The number of anilines is 1. The van der Waals surface area contributed by atoms with Gasteiger partial charge in [0, 0.05) is 10.7 Å². The van der Waals surface area contributed by atoms with Crippen LogP contribution in [-0.2, 0) is 4.79 Å². The van der Waals surface area contributed by atoms with Gasteiger partial charge in [-0.15, -0.1) is 0 Å². The minimum absolute atomic E-state index is 0.0508. The molecule has 3 nitrogen and oxygen atoms in total. The highest BCUT2D eigenvalue weighted by atomic mass is 35.5. The van der Waals surface area contributed by atoms with Crippen LogP contribution in [0.4, 0.5) is 5.69 Å². The molecule has 0 saturated carbocycles. The molecule has 1 N–H and O–H groups in total. The lowest BCUT2D eigenvalue weighted by Gasteiger charge is -2.14. The fourth-order valence-electron chi connectivity index (χ4n) is 2.57. The largest absolute Gasteiger partial charge is 0.497 e. The van der Waals surface area contributed by atoms with Gasteiger partial charge in [0.1, 0.15) is 5.75 Å². The van der Waals surface area contributed by atoms with E-state index < -0.39 is 0 Å². The SMILES string of the molecule is COc1ccc2cc([C@H](C)C(=O)Nc3ccc(Cl)cc3)ccc2c1. The summed E-state index contributed by atoms with van der Waals surface area (Å²) in [5.74, 6) is 0.515. The summed E-state index contributed by atoms with van der Waals surface area (Å²) in [7, 11) is 1.65. The monoisotopic (exact) mass is 339 g/mol. The highest BCUT2D eigenvalue weighted by Gasteiger charge is 2.16. The van der Waals surface area contributed by atoms with Gasteiger partial charge in [-0.3, -0.25) is 4.79 Å². The van der Waals surface area contributed by atoms with Crippen molar-refractivity contribution in [2.45, 2.75) is 12.8 Å². The fourth-order valence-corrected chi connectivity index (χ4v) is 2.70. The number of halogens is 1. The topological polar surface area (TPSA) is 38.3 Å². The van der Waals surface area contributed by atoms with Crippen molar-refractivity contribution in [1.29, 1.82) is 0 Å². The third-order valence-electron chi connectivity index (χ3n) is 4.08. The molecule has 0 spiro atoms. The van der Waals surface area contributed by atoms with E-state index in [-0.39, 0.29) is 11.8 Å². The van der Waals surface area contributed by atoms with Gasteiger partial charge in [-0.05, 0) is 59.7 Å². The molecule has 0 saturated heterocycles. The molecule has 0 aliphatic rings. The van der Waals surface area contributed by atoms with Gasteiger partial charge in [0.25, 0.3) is 0 Å². The molecular formula is C20H18ClNO2. The number of amides is 1. The molecule has 3 aromatic rings. The maximum absolute atomic E-state index is 12.5. The summed E-state index contributed by atoms with van der Waals surface area (Å²) < 4.78 is 5.24. The number of nitrogens with one attached hydrogen (secondary N) is 1. The number of hydrogen-bond donors (Lipinski definition) is 1. The molecule has 1 amide bonds. The van der Waals surface area contributed by atoms with Crippen LogP contribution in [0, 0.1) is 0 Å². The smallest absolute Gasteiger partial charge is 0.231 e. The Labute approximate surface area is 146 Å². The number of rotatable bonds is 4. The lowest BCUT2D eigenvalue weighted by atomic mass is 9.97. The van der Waals surface area contributed by atoms with Crippen LogP contribution in [0.15, 0.2) is 60.7 Å². The van der Waals surface area contributed by atoms with E-state index in [2.05, 4.69) is 5.32 Å². The van der Waals surface area contributed by atoms with Crippen LogP contribution in [0.1, 0.15) is 18.4 Å². The Kier molecular flexibility index (Phi) is 4.72. The second-order valence-corrected chi connectivity index (χ2v) is 6.13. The summed E-state index contributed by atoms with van der Waals surface area (Å²) in [6, 6.07) is 19.0. The number of methoxy groups -OCH3 is 1. The molecule has 0 fully saturated rings. The van der Waals surface area contributed by atoms with Crippen LogP contribution in [0.25, 0.3) is 10.8 Å². The number of carbonyl (C=O) groups excluding carboxylic acids is 1. The molecule has 0 aliphatic carbocycles. The molecule has 24 heavy (non-hydrogen) atoms. The molecule has 1 atom stereocenters. The van der Waals surface area contributed by atoms with Crippen molar-refractivity contribution in [2.75, 3.05) is 12.4 Å². The zero-order valence-corrected chi connectivity index (χ0v) is 14.3. The molecule has 3 rings (SSSR count). The van der Waals surface area contributed by atoms with E-state index >= 15 is 0 Å². The lowest BCUT2D eigenvalue weighted by molar-refractivity contribution is -0.117. The van der Waals surface area contributed by atoms with E-state index in [9.17, 15) is 4.79 Å². The van der Waals surface area contributed by atoms with Gasteiger partial charge in [0.15, 0.2) is 0 Å². The lowest BCUT2D eigenvalue weighted by Crippen LogP contribution is -2.18. The van der Waals surface area contributed by atoms with Crippen molar-refractivity contribution >= 4 is 34.0 Å². The zero-order valence-electron chi connectivity index (χ0n) is 13.5. The minimum Gasteiger partial charge on any atom is -0.497 e. The molecule has 0 unspecified atom stereocenters. The van der Waals surface area contributed by atoms with Gasteiger partial charge in [0.05, 0.1) is 13.0 Å². The van der Waals surface area contributed by atoms with E-state index in [0.29, 0.717) is 5.02 Å². The van der Waals surface area contributed by atoms with Crippen LogP contribution in [-0.4, -0.2) is 13.0 Å². The Morgan fingerprint density at radius 3 is 2.38 bits per heavy atom. The van der Waals surface area contributed by atoms with Crippen LogP contribution >= 0.6 is 11.6 Å². The predicted octanol–water partition coefficient (Wildman–Crippen LogP) is 5.24. The molecule has 3 aromatic carbocycles. The normalized spacial score (nSPS) is 12.0. The van der Waals surface area contributed by atoms with Gasteiger partial charge in [-0.25, -0.2) is 0 Å². The van der Waals surface area contributed by atoms with Gasteiger partial charge in [-0.2, -0.15) is 0 Å². The molecule has 4 heteroatoms. The average molecular weight is 340 g/mol. The first kappa shape index (κ1) is 16.3. The summed E-state index contributed by atoms with van der Waals surface area (Å²) in [5, 5.41) is 5.73. The van der Waals surface area contributed by atoms with E-state index in [4.69, 9.17) is 16.3 Å². The minimum atomic E-state index is -0.257. The molecule has 0 bridgehead atoms. The first-order valence-electron chi connectivity index (χ1n) is 7.71. The molecular weight excluding hydrogens is 322 g/mol. The Morgan fingerprint density at radius 2 is 1.67 bits per heavy atom. The highest BCUT2D eigenvalue weighted by Crippen LogP contribution is 2.26. The van der Waals surface area contributed by atoms with Crippen molar-refractivity contribution < 1.29 is 9.53 Å². The molecule has 0 heterocycles. The van der Waals surface area contributed by atoms with Crippen molar-refractivity contribution in [3.05, 3.63) is 71.2 Å². The molecule has 0 aromatic heterocycles. The molecule has 0 aliphatic heterocycles. The van der Waals surface area contributed by atoms with Crippen LogP contribution in [0.3, 0.4) is 0 Å². The Balaban J connectivity index is 1.80. The number of benzene rings is 3. The number of carbonyl (C=O) groups is 1. The number of fused-ring (bicyclic) bond motifs is 1. The van der Waals surface area contributed by atoms with Crippen molar-refractivity contribution in [2.24, 2.45) is 0 Å². The predicted molar refractivity (Wildman–Crippen MR) is 99.0 cm³/mol. The van der Waals surface area contributed by atoms with E-state index in [1.807, 2.05) is 43.3 Å². The van der Waals surface area contributed by atoms with Crippen molar-refractivity contribution in [3.8, 4) is 5.75 Å². The van der Waals surface area contributed by atoms with Gasteiger partial charge in [-0.1, -0.05) is 35.9 Å². The van der Waals surface area contributed by atoms with Crippen molar-refractivity contribution in [3.63, 3.8) is 0 Å². The maximum Gasteiger partial charge on any atom is 0.231 e. The Bertz CT molecular complexity index is 874. The van der Waals surface area contributed by atoms with Crippen LogP contribution in [0.2, 0.25) is 5.02 Å². The molecule has 0 radical (unpaired) electrons. The third-order valence-corrected chi connectivity index (χ3v) is 4.33. The standard InChI is InChI=1S/C20H18ClNO2/c1-13(20(23)22-18-8-6-17(21)7-9-18)14-3-4-16-12-19(24-2)10-5-15(16)11-14/h3-13H,1-2H3,(H,22,23)/t13-/m0/s1. The van der Waals surface area contributed by atoms with Crippen LogP contribution in [0.5, 0.6) is 5.75 Å². The second kappa shape index (κ2) is 6.93. The Hall–Kier alpha value is -2.52. The highest BCUT2D eigenvalue weighted by molar-refractivity contribution is 6.30. The number of ether oxygens (including phenoxy) is 1. The van der Waals surface area contributed by atoms with E-state index in [1.54, 1.807) is 31.4 Å². The van der Waals surface area contributed by atoms with Gasteiger partial charge in [0.2, 0.25) is 5.91 Å². The first-order valence-corrected chi connectivity index (χ1v) is 8.09.